The van der Waals surface area contributed by atoms with Crippen molar-refractivity contribution >= 4 is 5.97 Å². The number of benzene rings is 2. The number of rotatable bonds is 5. The molecule has 1 unspecified atom stereocenters. The van der Waals surface area contributed by atoms with Gasteiger partial charge in [0.2, 0.25) is 0 Å². The maximum atomic E-state index is 12.1. The molecule has 0 aromatic heterocycles. The zero-order valence-corrected chi connectivity index (χ0v) is 11.9. The minimum Gasteiger partial charge on any atom is -0.480 e. The summed E-state index contributed by atoms with van der Waals surface area (Å²) in [5.74, 6) is -1.39. The minimum atomic E-state index is -4.73. The molecule has 1 atom stereocenters. The van der Waals surface area contributed by atoms with Crippen LogP contribution >= 0.6 is 0 Å². The summed E-state index contributed by atoms with van der Waals surface area (Å²) in [6.45, 7) is 0. The van der Waals surface area contributed by atoms with E-state index in [0.29, 0.717) is 5.56 Å². The lowest BCUT2D eigenvalue weighted by molar-refractivity contribution is -0.274. The first kappa shape index (κ1) is 16.8. The quantitative estimate of drug-likeness (QED) is 0.885. The molecule has 0 aliphatic heterocycles. The monoisotopic (exact) mass is 325 g/mol. The van der Waals surface area contributed by atoms with Crippen LogP contribution in [0.3, 0.4) is 0 Å². The van der Waals surface area contributed by atoms with E-state index < -0.39 is 18.4 Å². The van der Waals surface area contributed by atoms with E-state index >= 15 is 0 Å². The molecular weight excluding hydrogens is 311 g/mol. The Hall–Kier alpha value is -2.54. The van der Waals surface area contributed by atoms with Gasteiger partial charge in [-0.1, -0.05) is 36.4 Å². The molecule has 0 heterocycles. The van der Waals surface area contributed by atoms with Crippen molar-refractivity contribution in [3.05, 3.63) is 54.1 Å². The van der Waals surface area contributed by atoms with Crippen molar-refractivity contribution < 1.29 is 27.8 Å². The first-order chi connectivity index (χ1) is 10.7. The van der Waals surface area contributed by atoms with E-state index in [1.807, 2.05) is 0 Å². The molecule has 23 heavy (non-hydrogen) atoms. The Balaban J connectivity index is 2.17. The highest BCUT2D eigenvalue weighted by Crippen LogP contribution is 2.27. The normalized spacial score (nSPS) is 12.7. The van der Waals surface area contributed by atoms with Gasteiger partial charge >= 0.3 is 12.3 Å². The van der Waals surface area contributed by atoms with E-state index in [9.17, 15) is 18.0 Å². The van der Waals surface area contributed by atoms with Crippen LogP contribution in [0.2, 0.25) is 0 Å². The summed E-state index contributed by atoms with van der Waals surface area (Å²) in [6.07, 6.45) is -4.56. The molecule has 0 saturated carbocycles. The molecule has 0 amide bonds. The largest absolute Gasteiger partial charge is 0.573 e. The lowest BCUT2D eigenvalue weighted by atomic mass is 9.99. The van der Waals surface area contributed by atoms with Crippen LogP contribution in [0.25, 0.3) is 11.1 Å². The Labute approximate surface area is 130 Å². The average molecular weight is 325 g/mol. The fourth-order valence-electron chi connectivity index (χ4n) is 2.07. The molecule has 0 aliphatic rings. The second kappa shape index (κ2) is 6.70. The fourth-order valence-corrected chi connectivity index (χ4v) is 2.07. The van der Waals surface area contributed by atoms with E-state index in [4.69, 9.17) is 10.8 Å². The van der Waals surface area contributed by atoms with Crippen molar-refractivity contribution in [2.24, 2.45) is 5.73 Å². The Morgan fingerprint density at radius 2 is 1.78 bits per heavy atom. The Bertz CT molecular complexity index is 684. The molecule has 2 aromatic rings. The van der Waals surface area contributed by atoms with Gasteiger partial charge in [-0.25, -0.2) is 0 Å². The van der Waals surface area contributed by atoms with Crippen LogP contribution in [-0.4, -0.2) is 23.5 Å². The summed E-state index contributed by atoms with van der Waals surface area (Å²) in [6, 6.07) is 11.4. The third kappa shape index (κ3) is 5.00. The number of aliphatic carboxylic acids is 1. The van der Waals surface area contributed by atoms with Gasteiger partial charge in [0.15, 0.2) is 0 Å². The SMILES string of the molecule is NC(Cc1cccc(-c2ccc(OC(F)(F)F)cc2)c1)C(=O)O. The van der Waals surface area contributed by atoms with Crippen molar-refractivity contribution in [2.75, 3.05) is 0 Å². The summed E-state index contributed by atoms with van der Waals surface area (Å²) in [7, 11) is 0. The van der Waals surface area contributed by atoms with E-state index in [1.165, 1.54) is 24.3 Å². The lowest BCUT2D eigenvalue weighted by Crippen LogP contribution is -2.32. The zero-order valence-electron chi connectivity index (χ0n) is 11.9. The predicted octanol–water partition coefficient (Wildman–Crippen LogP) is 3.21. The summed E-state index contributed by atoms with van der Waals surface area (Å²) in [5, 5.41) is 8.82. The molecule has 0 fully saturated rings. The number of ether oxygens (including phenoxy) is 1. The molecule has 0 aliphatic carbocycles. The highest BCUT2D eigenvalue weighted by atomic mass is 19.4. The summed E-state index contributed by atoms with van der Waals surface area (Å²) >= 11 is 0. The Morgan fingerprint density at radius 3 is 2.35 bits per heavy atom. The first-order valence-corrected chi connectivity index (χ1v) is 6.68. The predicted molar refractivity (Wildman–Crippen MR) is 77.9 cm³/mol. The van der Waals surface area contributed by atoms with E-state index in [2.05, 4.69) is 4.74 Å². The Kier molecular flexibility index (Phi) is 4.90. The molecule has 2 aromatic carbocycles. The van der Waals surface area contributed by atoms with Gasteiger partial charge in [0.05, 0.1) is 0 Å². The highest BCUT2D eigenvalue weighted by Gasteiger charge is 2.30. The lowest BCUT2D eigenvalue weighted by Gasteiger charge is -2.10. The van der Waals surface area contributed by atoms with Crippen molar-refractivity contribution in [2.45, 2.75) is 18.8 Å². The van der Waals surface area contributed by atoms with Crippen molar-refractivity contribution in [3.8, 4) is 16.9 Å². The third-order valence-electron chi connectivity index (χ3n) is 3.12. The topological polar surface area (TPSA) is 72.5 Å². The van der Waals surface area contributed by atoms with E-state index in [1.54, 1.807) is 24.3 Å². The number of hydrogen-bond donors (Lipinski definition) is 2. The standard InChI is InChI=1S/C16H14F3NO3/c17-16(18,19)23-13-6-4-11(5-7-13)12-3-1-2-10(8-12)9-14(20)15(21)22/h1-8,14H,9,20H2,(H,21,22). The zero-order chi connectivity index (χ0) is 17.0. The van der Waals surface area contributed by atoms with Crippen molar-refractivity contribution in [1.82, 2.24) is 0 Å². The van der Waals surface area contributed by atoms with Crippen LogP contribution in [0.4, 0.5) is 13.2 Å². The van der Waals surface area contributed by atoms with Crippen LogP contribution in [0.5, 0.6) is 5.75 Å². The number of hydrogen-bond acceptors (Lipinski definition) is 3. The fraction of sp³-hybridized carbons (Fsp3) is 0.188. The van der Waals surface area contributed by atoms with Gasteiger partial charge in [-0.3, -0.25) is 4.79 Å². The maximum absolute atomic E-state index is 12.1. The summed E-state index contributed by atoms with van der Waals surface area (Å²) < 4.78 is 40.2. The van der Waals surface area contributed by atoms with E-state index in [0.717, 1.165) is 11.1 Å². The average Bonchev–Trinajstić information content (AvgIpc) is 2.46. The second-order valence-electron chi connectivity index (χ2n) is 4.92. The number of halogens is 3. The maximum Gasteiger partial charge on any atom is 0.573 e. The number of nitrogens with two attached hydrogens (primary N) is 1. The van der Waals surface area contributed by atoms with Crippen LogP contribution in [0, 0.1) is 0 Å². The number of alkyl halides is 3. The van der Waals surface area contributed by atoms with Crippen LogP contribution in [0.15, 0.2) is 48.5 Å². The van der Waals surface area contributed by atoms with Gasteiger partial charge in [-0.15, -0.1) is 13.2 Å². The van der Waals surface area contributed by atoms with Crippen molar-refractivity contribution in [1.29, 1.82) is 0 Å². The van der Waals surface area contributed by atoms with Gasteiger partial charge < -0.3 is 15.6 Å². The highest BCUT2D eigenvalue weighted by molar-refractivity contribution is 5.73. The number of carboxylic acid groups (broad SMARTS) is 1. The molecular formula is C16H14F3NO3. The van der Waals surface area contributed by atoms with E-state index in [-0.39, 0.29) is 12.2 Å². The molecule has 0 spiro atoms. The molecule has 0 saturated heterocycles. The summed E-state index contributed by atoms with van der Waals surface area (Å²) in [4.78, 5) is 10.8. The first-order valence-electron chi connectivity index (χ1n) is 6.68. The minimum absolute atomic E-state index is 0.165. The number of carbonyl (C=O) groups is 1. The molecule has 2 rings (SSSR count). The van der Waals surface area contributed by atoms with Crippen LogP contribution in [-0.2, 0) is 11.2 Å². The van der Waals surface area contributed by atoms with Crippen molar-refractivity contribution in [3.63, 3.8) is 0 Å². The van der Waals surface area contributed by atoms with Crippen LogP contribution < -0.4 is 10.5 Å². The molecule has 7 heteroatoms. The molecule has 122 valence electrons. The van der Waals surface area contributed by atoms with Gasteiger partial charge in [0, 0.05) is 0 Å². The summed E-state index contributed by atoms with van der Waals surface area (Å²) in [5.41, 5.74) is 7.66. The number of carboxylic acids is 1. The van der Waals surface area contributed by atoms with Gasteiger partial charge in [0.1, 0.15) is 11.8 Å². The third-order valence-corrected chi connectivity index (χ3v) is 3.12. The molecule has 0 radical (unpaired) electrons. The smallest absolute Gasteiger partial charge is 0.480 e. The molecule has 0 bridgehead atoms. The molecule has 4 nitrogen and oxygen atoms in total. The molecule has 3 N–H and O–H groups in total. The second-order valence-corrected chi connectivity index (χ2v) is 4.92. The Morgan fingerprint density at radius 1 is 1.13 bits per heavy atom. The van der Waals surface area contributed by atoms with Gasteiger partial charge in [0.25, 0.3) is 0 Å². The van der Waals surface area contributed by atoms with Gasteiger partial charge in [-0.05, 0) is 35.2 Å². The van der Waals surface area contributed by atoms with Gasteiger partial charge in [-0.2, -0.15) is 0 Å². The van der Waals surface area contributed by atoms with Crippen LogP contribution in [0.1, 0.15) is 5.56 Å².